The molecule has 202 valence electrons. The van der Waals surface area contributed by atoms with E-state index < -0.39 is 29.7 Å². The number of fused-ring (bicyclic) bond motifs is 3. The molecule has 2 heterocycles. The molecule has 1 aromatic heterocycles. The average Bonchev–Trinajstić information content (AvgIpc) is 3.41. The molecule has 1 aliphatic heterocycles. The van der Waals surface area contributed by atoms with Crippen molar-refractivity contribution in [2.45, 2.75) is 45.1 Å². The van der Waals surface area contributed by atoms with Crippen LogP contribution in [0.2, 0.25) is 0 Å². The van der Waals surface area contributed by atoms with E-state index in [1.54, 1.807) is 24.4 Å². The fourth-order valence-corrected chi connectivity index (χ4v) is 4.70. The van der Waals surface area contributed by atoms with Crippen LogP contribution in [0.15, 0.2) is 71.4 Å². The van der Waals surface area contributed by atoms with Crippen LogP contribution in [0.1, 0.15) is 39.5 Å². The minimum atomic E-state index is -1.04. The highest BCUT2D eigenvalue weighted by atomic mass is 19.1. The van der Waals surface area contributed by atoms with E-state index in [1.807, 2.05) is 12.1 Å². The van der Waals surface area contributed by atoms with Gasteiger partial charge in [-0.3, -0.25) is 4.79 Å². The standard InChI is InChI=1S/C30H29F2N3O4/c1-2-18-4-3-5-19(8-18)14-33-16-27(36)26(11-20-9-23(31)13-24(32)10-20)35-30(37)21-6-7-28-25(12-21)29-22(17-38-28)15-34-39-29/h3-10,12-13,15,26-27,33,36H,2,11,14,16-17H2,1H3,(H,35,37)/t26-,27+/m0/s1. The summed E-state index contributed by atoms with van der Waals surface area (Å²) >= 11 is 0. The number of amides is 1. The van der Waals surface area contributed by atoms with Gasteiger partial charge in [0.1, 0.15) is 24.0 Å². The fraction of sp³-hybridized carbons (Fsp3) is 0.267. The molecule has 3 aromatic carbocycles. The number of ether oxygens (including phenoxy) is 1. The van der Waals surface area contributed by atoms with Crippen molar-refractivity contribution in [3.8, 4) is 17.1 Å². The number of aliphatic hydroxyl groups excluding tert-OH is 1. The molecule has 0 aliphatic carbocycles. The number of hydrogen-bond donors (Lipinski definition) is 3. The lowest BCUT2D eigenvalue weighted by molar-refractivity contribution is 0.0830. The third-order valence-corrected chi connectivity index (χ3v) is 6.75. The van der Waals surface area contributed by atoms with Gasteiger partial charge < -0.3 is 25.0 Å². The predicted molar refractivity (Wildman–Crippen MR) is 141 cm³/mol. The lowest BCUT2D eigenvalue weighted by Gasteiger charge is -2.25. The van der Waals surface area contributed by atoms with Crippen LogP contribution in [-0.4, -0.2) is 34.9 Å². The summed E-state index contributed by atoms with van der Waals surface area (Å²) in [7, 11) is 0. The molecule has 0 saturated heterocycles. The number of rotatable bonds is 10. The molecule has 0 spiro atoms. The Morgan fingerprint density at radius 2 is 1.85 bits per heavy atom. The third kappa shape index (κ3) is 6.32. The van der Waals surface area contributed by atoms with Crippen LogP contribution in [0.4, 0.5) is 8.78 Å². The number of aromatic nitrogens is 1. The smallest absolute Gasteiger partial charge is 0.251 e. The van der Waals surface area contributed by atoms with Crippen LogP contribution in [-0.2, 0) is 26.0 Å². The Morgan fingerprint density at radius 3 is 2.64 bits per heavy atom. The lowest BCUT2D eigenvalue weighted by atomic mass is 9.99. The molecule has 39 heavy (non-hydrogen) atoms. The molecule has 0 unspecified atom stereocenters. The van der Waals surface area contributed by atoms with Gasteiger partial charge in [0.15, 0.2) is 5.76 Å². The maximum Gasteiger partial charge on any atom is 0.251 e. The zero-order valence-electron chi connectivity index (χ0n) is 21.4. The molecule has 1 amide bonds. The van der Waals surface area contributed by atoms with Crippen LogP contribution in [0.25, 0.3) is 11.3 Å². The summed E-state index contributed by atoms with van der Waals surface area (Å²) in [6, 6.07) is 15.4. The molecular weight excluding hydrogens is 504 g/mol. The molecule has 7 nitrogen and oxygen atoms in total. The number of carbonyl (C=O) groups excluding carboxylic acids is 1. The summed E-state index contributed by atoms with van der Waals surface area (Å²) in [6.45, 7) is 3.08. The lowest BCUT2D eigenvalue weighted by Crippen LogP contribution is -2.48. The van der Waals surface area contributed by atoms with E-state index in [2.05, 4.69) is 34.8 Å². The highest BCUT2D eigenvalue weighted by Gasteiger charge is 2.26. The van der Waals surface area contributed by atoms with Crippen molar-refractivity contribution in [1.29, 1.82) is 0 Å². The third-order valence-electron chi connectivity index (χ3n) is 6.75. The number of nitrogens with zero attached hydrogens (tertiary/aromatic N) is 1. The molecule has 2 atom stereocenters. The van der Waals surface area contributed by atoms with E-state index in [0.29, 0.717) is 41.4 Å². The van der Waals surface area contributed by atoms with Crippen molar-refractivity contribution < 1.29 is 27.9 Å². The first-order chi connectivity index (χ1) is 18.9. The van der Waals surface area contributed by atoms with Crippen LogP contribution in [0, 0.1) is 11.6 Å². The summed E-state index contributed by atoms with van der Waals surface area (Å²) in [4.78, 5) is 13.3. The molecular formula is C30H29F2N3O4. The van der Waals surface area contributed by atoms with Gasteiger partial charge in [-0.05, 0) is 59.9 Å². The Hall–Kier alpha value is -4.08. The van der Waals surface area contributed by atoms with Crippen molar-refractivity contribution in [3.63, 3.8) is 0 Å². The molecule has 0 radical (unpaired) electrons. The van der Waals surface area contributed by atoms with Gasteiger partial charge in [0.25, 0.3) is 5.91 Å². The van der Waals surface area contributed by atoms with Gasteiger partial charge in [0, 0.05) is 24.7 Å². The maximum absolute atomic E-state index is 13.9. The molecule has 1 aliphatic rings. The van der Waals surface area contributed by atoms with E-state index in [9.17, 15) is 18.7 Å². The minimum absolute atomic E-state index is 0.0227. The van der Waals surface area contributed by atoms with Gasteiger partial charge in [-0.2, -0.15) is 0 Å². The molecule has 0 fully saturated rings. The first-order valence-corrected chi connectivity index (χ1v) is 12.8. The summed E-state index contributed by atoms with van der Waals surface area (Å²) < 4.78 is 38.8. The largest absolute Gasteiger partial charge is 0.488 e. The van der Waals surface area contributed by atoms with E-state index >= 15 is 0 Å². The highest BCUT2D eigenvalue weighted by Crippen LogP contribution is 2.37. The zero-order valence-corrected chi connectivity index (χ0v) is 21.4. The number of benzene rings is 3. The number of halogens is 2. The molecule has 9 heteroatoms. The SMILES string of the molecule is CCc1cccc(CNC[C@@H](O)[C@H](Cc2cc(F)cc(F)c2)NC(=O)c2ccc3c(c2)-c2oncc2CO3)c1. The fourth-order valence-electron chi connectivity index (χ4n) is 4.70. The number of carbonyl (C=O) groups is 1. The number of nitrogens with one attached hydrogen (secondary N) is 2. The van der Waals surface area contributed by atoms with Gasteiger partial charge in [-0.25, -0.2) is 8.78 Å². The highest BCUT2D eigenvalue weighted by molar-refractivity contribution is 5.96. The van der Waals surface area contributed by atoms with Crippen LogP contribution < -0.4 is 15.4 Å². The normalized spacial score (nSPS) is 13.6. The van der Waals surface area contributed by atoms with Gasteiger partial charge >= 0.3 is 0 Å². The minimum Gasteiger partial charge on any atom is -0.488 e. The maximum atomic E-state index is 13.9. The van der Waals surface area contributed by atoms with Crippen LogP contribution in [0.3, 0.4) is 0 Å². The number of aliphatic hydroxyl groups is 1. The quantitative estimate of drug-likeness (QED) is 0.277. The van der Waals surface area contributed by atoms with E-state index in [1.165, 1.54) is 17.7 Å². The molecule has 4 aromatic rings. The topological polar surface area (TPSA) is 96.6 Å². The van der Waals surface area contributed by atoms with Crippen molar-refractivity contribution in [2.75, 3.05) is 6.54 Å². The van der Waals surface area contributed by atoms with E-state index in [-0.39, 0.29) is 13.0 Å². The molecule has 0 saturated carbocycles. The molecule has 3 N–H and O–H groups in total. The van der Waals surface area contributed by atoms with E-state index in [4.69, 9.17) is 9.26 Å². The summed E-state index contributed by atoms with van der Waals surface area (Å²) in [5.74, 6) is -0.805. The zero-order chi connectivity index (χ0) is 27.4. The Labute approximate surface area is 224 Å². The first kappa shape index (κ1) is 26.5. The van der Waals surface area contributed by atoms with Crippen molar-refractivity contribution in [2.24, 2.45) is 0 Å². The van der Waals surface area contributed by atoms with Gasteiger partial charge in [-0.15, -0.1) is 0 Å². The van der Waals surface area contributed by atoms with Gasteiger partial charge in [0.2, 0.25) is 0 Å². The Bertz CT molecular complexity index is 1450. The predicted octanol–water partition coefficient (Wildman–Crippen LogP) is 4.57. The van der Waals surface area contributed by atoms with Crippen molar-refractivity contribution in [3.05, 3.63) is 106 Å². The first-order valence-electron chi connectivity index (χ1n) is 12.8. The molecule has 0 bridgehead atoms. The van der Waals surface area contributed by atoms with Crippen molar-refractivity contribution in [1.82, 2.24) is 15.8 Å². The summed E-state index contributed by atoms with van der Waals surface area (Å²) in [6.07, 6.45) is 1.47. The Balaban J connectivity index is 1.32. The molecule has 5 rings (SSSR count). The second-order valence-corrected chi connectivity index (χ2v) is 9.61. The van der Waals surface area contributed by atoms with Crippen LogP contribution in [0.5, 0.6) is 5.75 Å². The average molecular weight is 534 g/mol. The number of aryl methyl sites for hydroxylation is 1. The van der Waals surface area contributed by atoms with Gasteiger partial charge in [-0.1, -0.05) is 36.3 Å². The number of hydrogen-bond acceptors (Lipinski definition) is 6. The summed E-state index contributed by atoms with van der Waals surface area (Å²) in [5.41, 5.74) is 4.28. The van der Waals surface area contributed by atoms with E-state index in [0.717, 1.165) is 23.6 Å². The second-order valence-electron chi connectivity index (χ2n) is 9.61. The summed E-state index contributed by atoms with van der Waals surface area (Å²) in [5, 5.41) is 21.0. The van der Waals surface area contributed by atoms with Gasteiger partial charge in [0.05, 0.1) is 29.5 Å². The Morgan fingerprint density at radius 1 is 1.05 bits per heavy atom. The van der Waals surface area contributed by atoms with Crippen molar-refractivity contribution >= 4 is 5.91 Å². The second kappa shape index (κ2) is 11.8. The Kier molecular flexibility index (Phi) is 7.99. The van der Waals surface area contributed by atoms with Crippen LogP contribution >= 0.6 is 0 Å². The monoisotopic (exact) mass is 533 g/mol.